The Labute approximate surface area is 124 Å². The van der Waals surface area contributed by atoms with Crippen molar-refractivity contribution in [3.63, 3.8) is 0 Å². The first-order valence-corrected chi connectivity index (χ1v) is 7.71. The van der Waals surface area contributed by atoms with E-state index in [0.29, 0.717) is 13.2 Å². The maximum absolute atomic E-state index is 11.7. The lowest BCUT2D eigenvalue weighted by atomic mass is 10.1. The molecule has 116 valence electrons. The van der Waals surface area contributed by atoms with Crippen molar-refractivity contribution in [1.82, 2.24) is 0 Å². The number of furan rings is 1. The lowest BCUT2D eigenvalue weighted by Gasteiger charge is -2.03. The molecule has 0 radical (unpaired) electrons. The van der Waals surface area contributed by atoms with Crippen LogP contribution in [0.15, 0.2) is 16.5 Å². The summed E-state index contributed by atoms with van der Waals surface area (Å²) in [7, 11) is 0. The van der Waals surface area contributed by atoms with E-state index in [4.69, 9.17) is 13.9 Å². The molecule has 2 rings (SSSR count). The van der Waals surface area contributed by atoms with Gasteiger partial charge in [0.2, 0.25) is 11.5 Å². The minimum atomic E-state index is -0.529. The SMILES string of the molecule is O=C1OCCCCCCCCCCOC(=O)c2ccc1o2. The van der Waals surface area contributed by atoms with E-state index in [1.807, 2.05) is 0 Å². The Hall–Kier alpha value is -1.78. The van der Waals surface area contributed by atoms with Gasteiger partial charge in [0.25, 0.3) is 0 Å². The van der Waals surface area contributed by atoms with Crippen molar-refractivity contribution in [1.29, 1.82) is 0 Å². The van der Waals surface area contributed by atoms with Gasteiger partial charge in [-0.15, -0.1) is 0 Å². The van der Waals surface area contributed by atoms with Crippen LogP contribution in [0.1, 0.15) is 72.5 Å². The highest BCUT2D eigenvalue weighted by atomic mass is 16.6. The van der Waals surface area contributed by atoms with Crippen LogP contribution in [0, 0.1) is 0 Å². The summed E-state index contributed by atoms with van der Waals surface area (Å²) < 4.78 is 15.4. The zero-order valence-electron chi connectivity index (χ0n) is 12.3. The molecule has 5 nitrogen and oxygen atoms in total. The highest BCUT2D eigenvalue weighted by Gasteiger charge is 2.17. The highest BCUT2D eigenvalue weighted by molar-refractivity contribution is 5.90. The zero-order valence-corrected chi connectivity index (χ0v) is 12.3. The van der Waals surface area contributed by atoms with Crippen molar-refractivity contribution in [3.05, 3.63) is 23.7 Å². The molecule has 1 aromatic rings. The molecule has 0 saturated carbocycles. The Balaban J connectivity index is 1.92. The van der Waals surface area contributed by atoms with Crippen LogP contribution in [-0.2, 0) is 9.47 Å². The summed E-state index contributed by atoms with van der Waals surface area (Å²) in [5.74, 6) is -0.964. The number of cyclic esters (lactones) is 2. The molecule has 0 aromatic carbocycles. The van der Waals surface area contributed by atoms with Gasteiger partial charge in [-0.1, -0.05) is 38.5 Å². The molecular weight excluding hydrogens is 272 g/mol. The van der Waals surface area contributed by atoms with E-state index >= 15 is 0 Å². The van der Waals surface area contributed by atoms with Gasteiger partial charge in [0, 0.05) is 0 Å². The number of ether oxygens (including phenoxy) is 2. The zero-order chi connectivity index (χ0) is 14.9. The van der Waals surface area contributed by atoms with Crippen LogP contribution in [0.25, 0.3) is 0 Å². The summed E-state index contributed by atoms with van der Waals surface area (Å²) in [6.07, 6.45) is 8.60. The van der Waals surface area contributed by atoms with Crippen LogP contribution in [0.5, 0.6) is 0 Å². The molecule has 2 bridgehead atoms. The molecule has 0 saturated heterocycles. The molecule has 0 N–H and O–H groups in total. The summed E-state index contributed by atoms with van der Waals surface area (Å²) in [6.45, 7) is 0.776. The lowest BCUT2D eigenvalue weighted by molar-refractivity contribution is 0.0428. The summed E-state index contributed by atoms with van der Waals surface area (Å²) in [4.78, 5) is 23.5. The predicted molar refractivity (Wildman–Crippen MR) is 76.2 cm³/mol. The van der Waals surface area contributed by atoms with Crippen molar-refractivity contribution in [3.8, 4) is 0 Å². The second-order valence-corrected chi connectivity index (χ2v) is 5.26. The van der Waals surface area contributed by atoms with Gasteiger partial charge in [-0.2, -0.15) is 0 Å². The van der Waals surface area contributed by atoms with Crippen molar-refractivity contribution >= 4 is 11.9 Å². The average molecular weight is 294 g/mol. The molecule has 5 heteroatoms. The fourth-order valence-electron chi connectivity index (χ4n) is 2.29. The predicted octanol–water partition coefficient (Wildman–Crippen LogP) is 3.73. The maximum atomic E-state index is 11.7. The van der Waals surface area contributed by atoms with E-state index in [-0.39, 0.29) is 11.5 Å². The standard InChI is InChI=1S/C16H22O5/c17-15-13-9-10-14(21-13)16(18)20-12-8-6-4-2-1-3-5-7-11-19-15/h9-10H,1-8,11-12H2. The van der Waals surface area contributed by atoms with Gasteiger partial charge < -0.3 is 13.9 Å². The van der Waals surface area contributed by atoms with Gasteiger partial charge in [-0.25, -0.2) is 9.59 Å². The molecule has 0 aliphatic carbocycles. The third-order valence-electron chi connectivity index (χ3n) is 3.51. The number of rotatable bonds is 0. The third-order valence-corrected chi connectivity index (χ3v) is 3.51. The number of carbonyl (C=O) groups is 2. The summed E-state index contributed by atoms with van der Waals surface area (Å²) in [5.41, 5.74) is 0. The quantitative estimate of drug-likeness (QED) is 0.682. The van der Waals surface area contributed by atoms with Gasteiger partial charge in [0.05, 0.1) is 13.2 Å². The van der Waals surface area contributed by atoms with Gasteiger partial charge >= 0.3 is 11.9 Å². The van der Waals surface area contributed by atoms with Crippen molar-refractivity contribution < 1.29 is 23.5 Å². The Bertz CT molecular complexity index is 422. The summed E-state index contributed by atoms with van der Waals surface area (Å²) in [6, 6.07) is 2.89. The summed E-state index contributed by atoms with van der Waals surface area (Å²) >= 11 is 0. The van der Waals surface area contributed by atoms with Crippen molar-refractivity contribution in [2.24, 2.45) is 0 Å². The Morgan fingerprint density at radius 2 is 1.00 bits per heavy atom. The number of fused-ring (bicyclic) bond motifs is 2. The molecule has 1 aliphatic heterocycles. The van der Waals surface area contributed by atoms with Gasteiger partial charge in [0.15, 0.2) is 0 Å². The normalized spacial score (nSPS) is 19.4. The van der Waals surface area contributed by atoms with E-state index in [2.05, 4.69) is 0 Å². The van der Waals surface area contributed by atoms with E-state index in [1.54, 1.807) is 0 Å². The Morgan fingerprint density at radius 3 is 1.43 bits per heavy atom. The fourth-order valence-corrected chi connectivity index (χ4v) is 2.29. The lowest BCUT2D eigenvalue weighted by Crippen LogP contribution is -2.07. The molecule has 0 fully saturated rings. The minimum absolute atomic E-state index is 0.0475. The first kappa shape index (κ1) is 15.6. The monoisotopic (exact) mass is 294 g/mol. The number of esters is 2. The molecule has 21 heavy (non-hydrogen) atoms. The number of carbonyl (C=O) groups excluding carboxylic acids is 2. The second kappa shape index (κ2) is 8.49. The highest BCUT2D eigenvalue weighted by Crippen LogP contribution is 2.13. The molecule has 0 spiro atoms. The fraction of sp³-hybridized carbons (Fsp3) is 0.625. The molecule has 0 amide bonds. The van der Waals surface area contributed by atoms with E-state index in [0.717, 1.165) is 38.5 Å². The van der Waals surface area contributed by atoms with E-state index < -0.39 is 11.9 Å². The van der Waals surface area contributed by atoms with Crippen LogP contribution in [0.2, 0.25) is 0 Å². The van der Waals surface area contributed by atoms with Crippen molar-refractivity contribution in [2.75, 3.05) is 13.2 Å². The molecule has 0 unspecified atom stereocenters. The van der Waals surface area contributed by atoms with Crippen LogP contribution in [0.3, 0.4) is 0 Å². The number of hydrogen-bond acceptors (Lipinski definition) is 5. The van der Waals surface area contributed by atoms with E-state index in [9.17, 15) is 9.59 Å². The van der Waals surface area contributed by atoms with E-state index in [1.165, 1.54) is 25.0 Å². The van der Waals surface area contributed by atoms with Crippen LogP contribution < -0.4 is 0 Å². The van der Waals surface area contributed by atoms with Gasteiger partial charge in [-0.05, 0) is 25.0 Å². The summed E-state index contributed by atoms with van der Waals surface area (Å²) in [5, 5.41) is 0. The average Bonchev–Trinajstić information content (AvgIpc) is 2.97. The van der Waals surface area contributed by atoms with Gasteiger partial charge in [-0.3, -0.25) is 0 Å². The molecule has 2 heterocycles. The van der Waals surface area contributed by atoms with Gasteiger partial charge in [0.1, 0.15) is 0 Å². The number of hydrogen-bond donors (Lipinski definition) is 0. The molecular formula is C16H22O5. The molecule has 1 aromatic heterocycles. The minimum Gasteiger partial charge on any atom is -0.460 e. The first-order valence-electron chi connectivity index (χ1n) is 7.71. The Kier molecular flexibility index (Phi) is 6.31. The maximum Gasteiger partial charge on any atom is 0.374 e. The van der Waals surface area contributed by atoms with Crippen LogP contribution in [0.4, 0.5) is 0 Å². The first-order chi connectivity index (χ1) is 10.3. The van der Waals surface area contributed by atoms with Crippen LogP contribution in [-0.4, -0.2) is 25.2 Å². The van der Waals surface area contributed by atoms with Crippen LogP contribution >= 0.6 is 0 Å². The topological polar surface area (TPSA) is 65.7 Å². The van der Waals surface area contributed by atoms with Crippen molar-refractivity contribution in [2.45, 2.75) is 51.4 Å². The molecule has 0 atom stereocenters. The largest absolute Gasteiger partial charge is 0.460 e. The molecule has 1 aliphatic rings. The smallest absolute Gasteiger partial charge is 0.374 e. The second-order valence-electron chi connectivity index (χ2n) is 5.26. The third kappa shape index (κ3) is 5.25. The Morgan fingerprint density at radius 1 is 0.619 bits per heavy atom.